The molecule has 0 bridgehead atoms. The van der Waals surface area contributed by atoms with E-state index < -0.39 is 0 Å². The molecule has 0 unspecified atom stereocenters. The number of halogens is 2. The van der Waals surface area contributed by atoms with Crippen LogP contribution in [0, 0.1) is 6.92 Å². The van der Waals surface area contributed by atoms with Crippen LogP contribution in [0.5, 0.6) is 0 Å². The van der Waals surface area contributed by atoms with Gasteiger partial charge in [-0.25, -0.2) is 4.98 Å². The number of hydrogen-bond acceptors (Lipinski definition) is 3. The molecule has 0 fully saturated rings. The Balaban J connectivity index is 0.00000264. The molecule has 2 rings (SSSR count). The van der Waals surface area contributed by atoms with Crippen molar-refractivity contribution in [3.05, 3.63) is 50.9 Å². The Bertz CT molecular complexity index is 630. The summed E-state index contributed by atoms with van der Waals surface area (Å²) in [6.07, 6.45) is 3.84. The molecule has 1 heterocycles. The Morgan fingerprint density at radius 2 is 2.09 bits per heavy atom. The van der Waals surface area contributed by atoms with Gasteiger partial charge in [0.25, 0.3) is 0 Å². The molecule has 0 spiro atoms. The molecule has 126 valence electrons. The summed E-state index contributed by atoms with van der Waals surface area (Å²) in [5.74, 6) is 0.798. The van der Waals surface area contributed by atoms with Crippen LogP contribution in [0.25, 0.3) is 0 Å². The summed E-state index contributed by atoms with van der Waals surface area (Å²) in [6, 6.07) is 7.97. The molecule has 0 atom stereocenters. The van der Waals surface area contributed by atoms with Gasteiger partial charge in [-0.1, -0.05) is 29.8 Å². The van der Waals surface area contributed by atoms with Crippen LogP contribution < -0.4 is 10.6 Å². The van der Waals surface area contributed by atoms with Gasteiger partial charge >= 0.3 is 0 Å². The molecule has 23 heavy (non-hydrogen) atoms. The maximum Gasteiger partial charge on any atom is 0.191 e. The van der Waals surface area contributed by atoms with Crippen molar-refractivity contribution < 1.29 is 0 Å². The van der Waals surface area contributed by atoms with Crippen molar-refractivity contribution in [1.82, 2.24) is 15.6 Å². The van der Waals surface area contributed by atoms with E-state index in [0.717, 1.165) is 35.4 Å². The molecular weight excluding hydrogens is 443 g/mol. The monoisotopic (exact) mass is 464 g/mol. The summed E-state index contributed by atoms with van der Waals surface area (Å²) >= 11 is 7.85. The molecule has 0 radical (unpaired) electrons. The lowest BCUT2D eigenvalue weighted by Crippen LogP contribution is -2.37. The number of nitrogens with zero attached hydrogens (tertiary/aromatic N) is 2. The minimum absolute atomic E-state index is 0. The van der Waals surface area contributed by atoms with Gasteiger partial charge < -0.3 is 10.6 Å². The minimum atomic E-state index is 0. The highest BCUT2D eigenvalue weighted by molar-refractivity contribution is 14.0. The number of guanidine groups is 1. The molecule has 0 aliphatic carbocycles. The first-order valence-corrected chi connectivity index (χ1v) is 8.47. The number of aromatic nitrogens is 1. The third-order valence-electron chi connectivity index (χ3n) is 3.17. The summed E-state index contributed by atoms with van der Waals surface area (Å²) in [6.45, 7) is 3.60. The van der Waals surface area contributed by atoms with Crippen LogP contribution in [0.3, 0.4) is 0 Å². The van der Waals surface area contributed by atoms with E-state index in [1.807, 2.05) is 24.4 Å². The predicted octanol–water partition coefficient (Wildman–Crippen LogP) is 4.02. The van der Waals surface area contributed by atoms with Gasteiger partial charge in [0.05, 0.1) is 6.54 Å². The van der Waals surface area contributed by atoms with Crippen LogP contribution in [0.15, 0.2) is 35.5 Å². The van der Waals surface area contributed by atoms with Crippen molar-refractivity contribution >= 4 is 52.9 Å². The van der Waals surface area contributed by atoms with Crippen LogP contribution in [-0.2, 0) is 13.0 Å². The Kier molecular flexibility index (Phi) is 9.50. The van der Waals surface area contributed by atoms with E-state index in [1.54, 1.807) is 18.4 Å². The van der Waals surface area contributed by atoms with Crippen LogP contribution in [0.2, 0.25) is 5.02 Å². The van der Waals surface area contributed by atoms with Gasteiger partial charge in [0.1, 0.15) is 5.01 Å². The second-order valence-corrected chi connectivity index (χ2v) is 6.64. The lowest BCUT2D eigenvalue weighted by atomic mass is 10.1. The van der Waals surface area contributed by atoms with Gasteiger partial charge in [-0.3, -0.25) is 4.99 Å². The Morgan fingerprint density at radius 3 is 2.74 bits per heavy atom. The van der Waals surface area contributed by atoms with Gasteiger partial charge in [0.2, 0.25) is 0 Å². The summed E-state index contributed by atoms with van der Waals surface area (Å²) in [5, 5.41) is 8.48. The third kappa shape index (κ3) is 7.05. The van der Waals surface area contributed by atoms with E-state index in [0.29, 0.717) is 6.54 Å². The molecule has 0 aliphatic heterocycles. The molecule has 2 N–H and O–H groups in total. The molecule has 0 amide bonds. The summed E-state index contributed by atoms with van der Waals surface area (Å²) < 4.78 is 0. The average Bonchev–Trinajstić information content (AvgIpc) is 2.94. The van der Waals surface area contributed by atoms with Crippen molar-refractivity contribution in [2.75, 3.05) is 13.6 Å². The molecule has 1 aromatic heterocycles. The highest BCUT2D eigenvalue weighted by atomic mass is 127. The number of aliphatic imine (C=N–C) groups is 1. The van der Waals surface area contributed by atoms with Gasteiger partial charge in [-0.15, -0.1) is 35.3 Å². The van der Waals surface area contributed by atoms with E-state index >= 15 is 0 Å². The first kappa shape index (κ1) is 20.2. The van der Waals surface area contributed by atoms with Gasteiger partial charge in [0.15, 0.2) is 5.96 Å². The fourth-order valence-corrected chi connectivity index (χ4v) is 3.01. The molecule has 2 aromatic rings. The Morgan fingerprint density at radius 1 is 1.30 bits per heavy atom. The SMILES string of the molecule is CN=C(NCCCc1ccccc1Cl)NCc1ncc(C)s1.I. The van der Waals surface area contributed by atoms with Crippen molar-refractivity contribution in [3.63, 3.8) is 0 Å². The zero-order valence-electron chi connectivity index (χ0n) is 13.3. The second kappa shape index (κ2) is 10.8. The molecule has 0 saturated heterocycles. The zero-order valence-corrected chi connectivity index (χ0v) is 17.2. The van der Waals surface area contributed by atoms with E-state index in [1.165, 1.54) is 10.4 Å². The van der Waals surface area contributed by atoms with Gasteiger partial charge in [0, 0.05) is 29.7 Å². The zero-order chi connectivity index (χ0) is 15.8. The van der Waals surface area contributed by atoms with Crippen molar-refractivity contribution in [1.29, 1.82) is 0 Å². The van der Waals surface area contributed by atoms with Crippen LogP contribution >= 0.6 is 46.9 Å². The normalized spacial score (nSPS) is 11.0. The second-order valence-electron chi connectivity index (χ2n) is 4.91. The van der Waals surface area contributed by atoms with Crippen molar-refractivity contribution in [2.24, 2.45) is 4.99 Å². The van der Waals surface area contributed by atoms with Gasteiger partial charge in [-0.2, -0.15) is 0 Å². The van der Waals surface area contributed by atoms with Gasteiger partial charge in [-0.05, 0) is 31.4 Å². The first-order valence-electron chi connectivity index (χ1n) is 7.28. The Hall–Kier alpha value is -0.860. The number of rotatable bonds is 6. The smallest absolute Gasteiger partial charge is 0.191 e. The maximum atomic E-state index is 6.15. The van der Waals surface area contributed by atoms with Crippen molar-refractivity contribution in [3.8, 4) is 0 Å². The highest BCUT2D eigenvalue weighted by Gasteiger charge is 2.02. The fourth-order valence-electron chi connectivity index (χ4n) is 2.05. The van der Waals surface area contributed by atoms with E-state index in [2.05, 4.69) is 33.6 Å². The molecular formula is C16H22ClIN4S. The predicted molar refractivity (Wildman–Crippen MR) is 110 cm³/mol. The van der Waals surface area contributed by atoms with Crippen LogP contribution in [0.4, 0.5) is 0 Å². The maximum absolute atomic E-state index is 6.15. The number of aryl methyl sites for hydroxylation is 2. The average molecular weight is 465 g/mol. The summed E-state index contributed by atoms with van der Waals surface area (Å²) in [7, 11) is 1.77. The lowest BCUT2D eigenvalue weighted by Gasteiger charge is -2.11. The fraction of sp³-hybridized carbons (Fsp3) is 0.375. The number of hydrogen-bond donors (Lipinski definition) is 2. The molecule has 0 saturated carbocycles. The summed E-state index contributed by atoms with van der Waals surface area (Å²) in [4.78, 5) is 9.77. The van der Waals surface area contributed by atoms with Crippen LogP contribution in [-0.4, -0.2) is 24.5 Å². The van der Waals surface area contributed by atoms with E-state index in [4.69, 9.17) is 11.6 Å². The standard InChI is InChI=1S/C16H21ClN4S.HI/c1-12-10-20-15(22-12)11-21-16(18-2)19-9-5-7-13-6-3-4-8-14(13)17;/h3-4,6,8,10H,5,7,9,11H2,1-2H3,(H2,18,19,21);1H. The molecule has 7 heteroatoms. The Labute approximate surface area is 163 Å². The summed E-state index contributed by atoms with van der Waals surface area (Å²) in [5.41, 5.74) is 1.19. The van der Waals surface area contributed by atoms with Crippen molar-refractivity contribution in [2.45, 2.75) is 26.3 Å². The number of benzene rings is 1. The molecule has 4 nitrogen and oxygen atoms in total. The topological polar surface area (TPSA) is 49.3 Å². The van der Waals surface area contributed by atoms with Crippen LogP contribution in [0.1, 0.15) is 21.9 Å². The largest absolute Gasteiger partial charge is 0.356 e. The lowest BCUT2D eigenvalue weighted by molar-refractivity contribution is 0.741. The third-order valence-corrected chi connectivity index (χ3v) is 4.45. The van der Waals surface area contributed by atoms with E-state index in [-0.39, 0.29) is 24.0 Å². The van der Waals surface area contributed by atoms with E-state index in [9.17, 15) is 0 Å². The first-order chi connectivity index (χ1) is 10.7. The number of thiazole rings is 1. The number of nitrogens with one attached hydrogen (secondary N) is 2. The molecule has 1 aromatic carbocycles. The molecule has 0 aliphatic rings. The highest BCUT2D eigenvalue weighted by Crippen LogP contribution is 2.16. The quantitative estimate of drug-likeness (QED) is 0.294. The minimum Gasteiger partial charge on any atom is -0.356 e.